The van der Waals surface area contributed by atoms with Crippen molar-refractivity contribution in [2.45, 2.75) is 27.2 Å². The van der Waals surface area contributed by atoms with Crippen LogP contribution in [0.25, 0.3) is 11.0 Å². The smallest absolute Gasteiger partial charge is 0.337 e. The molecule has 1 N–H and O–H groups in total. The van der Waals surface area contributed by atoms with E-state index in [9.17, 15) is 4.79 Å². The number of H-pyrrole nitrogens is 1. The molecule has 2 rings (SSSR count). The average Bonchev–Trinajstić information content (AvgIpc) is 2.66. The van der Waals surface area contributed by atoms with Crippen LogP contribution in [0.15, 0.2) is 18.2 Å². The molecule has 0 amide bonds. The minimum absolute atomic E-state index is 0.180. The van der Waals surface area contributed by atoms with Crippen LogP contribution in [0.4, 0.5) is 0 Å². The molecule has 1 aromatic carbocycles. The molecule has 0 aliphatic rings. The van der Waals surface area contributed by atoms with Crippen LogP contribution in [0.5, 0.6) is 0 Å². The molecular formula is C14H18N2O2. The van der Waals surface area contributed by atoms with Gasteiger partial charge in [-0.1, -0.05) is 20.8 Å². The zero-order valence-electron chi connectivity index (χ0n) is 11.2. The molecule has 0 saturated carbocycles. The Hall–Kier alpha value is -1.84. The maximum absolute atomic E-state index is 11.4. The standard InChI is InChI=1S/C14H18N2O2/c1-14(2,3)8-12-15-10-6-5-9(13(17)18-4)7-11(10)16-12/h5-7H,8H2,1-4H3,(H,15,16). The third-order valence-electron chi connectivity index (χ3n) is 2.65. The van der Waals surface area contributed by atoms with Crippen LogP contribution in [0.3, 0.4) is 0 Å². The minimum Gasteiger partial charge on any atom is -0.465 e. The number of hydrogen-bond donors (Lipinski definition) is 1. The van der Waals surface area contributed by atoms with Crippen molar-refractivity contribution in [1.82, 2.24) is 9.97 Å². The lowest BCUT2D eigenvalue weighted by atomic mass is 9.92. The highest BCUT2D eigenvalue weighted by molar-refractivity contribution is 5.93. The minimum atomic E-state index is -0.330. The average molecular weight is 246 g/mol. The van der Waals surface area contributed by atoms with Gasteiger partial charge in [-0.25, -0.2) is 9.78 Å². The predicted molar refractivity (Wildman–Crippen MR) is 70.6 cm³/mol. The molecule has 4 nitrogen and oxygen atoms in total. The summed E-state index contributed by atoms with van der Waals surface area (Å²) in [4.78, 5) is 19.2. The van der Waals surface area contributed by atoms with Crippen LogP contribution in [-0.2, 0) is 11.2 Å². The third-order valence-corrected chi connectivity index (χ3v) is 2.65. The molecule has 4 heteroatoms. The van der Waals surface area contributed by atoms with Crippen molar-refractivity contribution >= 4 is 17.0 Å². The van der Waals surface area contributed by atoms with E-state index in [0.717, 1.165) is 23.3 Å². The molecule has 0 radical (unpaired) electrons. The lowest BCUT2D eigenvalue weighted by Gasteiger charge is -2.15. The Balaban J connectivity index is 2.37. The summed E-state index contributed by atoms with van der Waals surface area (Å²) in [6.45, 7) is 6.50. The Morgan fingerprint density at radius 3 is 2.72 bits per heavy atom. The maximum Gasteiger partial charge on any atom is 0.337 e. The first-order valence-electron chi connectivity index (χ1n) is 5.96. The molecule has 1 heterocycles. The quantitative estimate of drug-likeness (QED) is 0.829. The highest BCUT2D eigenvalue weighted by atomic mass is 16.5. The summed E-state index contributed by atoms with van der Waals surface area (Å²) >= 11 is 0. The summed E-state index contributed by atoms with van der Waals surface area (Å²) in [5, 5.41) is 0. The lowest BCUT2D eigenvalue weighted by molar-refractivity contribution is 0.0601. The predicted octanol–water partition coefficient (Wildman–Crippen LogP) is 2.94. The van der Waals surface area contributed by atoms with E-state index in [1.807, 2.05) is 6.07 Å². The van der Waals surface area contributed by atoms with E-state index in [4.69, 9.17) is 4.74 Å². The molecule has 0 bridgehead atoms. The largest absolute Gasteiger partial charge is 0.465 e. The Morgan fingerprint density at radius 2 is 2.11 bits per heavy atom. The molecule has 0 atom stereocenters. The number of methoxy groups -OCH3 is 1. The fourth-order valence-electron chi connectivity index (χ4n) is 1.89. The zero-order valence-corrected chi connectivity index (χ0v) is 11.2. The number of fused-ring (bicyclic) bond motifs is 1. The van der Waals surface area contributed by atoms with Crippen molar-refractivity contribution in [3.05, 3.63) is 29.6 Å². The molecule has 0 saturated heterocycles. The van der Waals surface area contributed by atoms with Crippen LogP contribution in [-0.4, -0.2) is 23.0 Å². The second-order valence-electron chi connectivity index (χ2n) is 5.64. The van der Waals surface area contributed by atoms with Crippen LogP contribution in [0, 0.1) is 5.41 Å². The van der Waals surface area contributed by atoms with Gasteiger partial charge in [-0.15, -0.1) is 0 Å². The van der Waals surface area contributed by atoms with Crippen molar-refractivity contribution < 1.29 is 9.53 Å². The number of nitrogens with zero attached hydrogens (tertiary/aromatic N) is 1. The topological polar surface area (TPSA) is 55.0 Å². The second kappa shape index (κ2) is 4.44. The molecular weight excluding hydrogens is 228 g/mol. The van der Waals surface area contributed by atoms with Crippen LogP contribution >= 0.6 is 0 Å². The van der Waals surface area contributed by atoms with Gasteiger partial charge in [0.25, 0.3) is 0 Å². The van der Waals surface area contributed by atoms with E-state index in [0.29, 0.717) is 5.56 Å². The summed E-state index contributed by atoms with van der Waals surface area (Å²) in [5.74, 6) is 0.614. The van der Waals surface area contributed by atoms with Gasteiger partial charge in [0.1, 0.15) is 5.82 Å². The molecule has 0 spiro atoms. The van der Waals surface area contributed by atoms with E-state index in [1.54, 1.807) is 12.1 Å². The van der Waals surface area contributed by atoms with Gasteiger partial charge in [0.15, 0.2) is 0 Å². The Kier molecular flexibility index (Phi) is 3.11. The SMILES string of the molecule is COC(=O)c1ccc2nc(CC(C)(C)C)[nH]c2c1. The number of rotatable bonds is 2. The first-order valence-corrected chi connectivity index (χ1v) is 5.96. The van der Waals surface area contributed by atoms with E-state index in [-0.39, 0.29) is 11.4 Å². The van der Waals surface area contributed by atoms with Gasteiger partial charge in [0, 0.05) is 6.42 Å². The Bertz CT molecular complexity index is 579. The first-order chi connectivity index (χ1) is 8.39. The van der Waals surface area contributed by atoms with Crippen molar-refractivity contribution in [2.24, 2.45) is 5.41 Å². The number of esters is 1. The molecule has 96 valence electrons. The van der Waals surface area contributed by atoms with Crippen molar-refractivity contribution in [2.75, 3.05) is 7.11 Å². The van der Waals surface area contributed by atoms with Crippen molar-refractivity contribution in [3.63, 3.8) is 0 Å². The normalized spacial score (nSPS) is 11.8. The van der Waals surface area contributed by atoms with Gasteiger partial charge in [0.05, 0.1) is 23.7 Å². The van der Waals surface area contributed by atoms with Gasteiger partial charge in [0.2, 0.25) is 0 Å². The first kappa shape index (κ1) is 12.6. The van der Waals surface area contributed by atoms with Gasteiger partial charge >= 0.3 is 5.97 Å². The highest BCUT2D eigenvalue weighted by Crippen LogP contribution is 2.21. The number of nitrogens with one attached hydrogen (secondary N) is 1. The number of imidazole rings is 1. The highest BCUT2D eigenvalue weighted by Gasteiger charge is 2.15. The molecule has 0 aliphatic carbocycles. The molecule has 18 heavy (non-hydrogen) atoms. The zero-order chi connectivity index (χ0) is 13.3. The number of aromatic amines is 1. The third kappa shape index (κ3) is 2.70. The number of carbonyl (C=O) groups excluding carboxylic acids is 1. The van der Waals surface area contributed by atoms with E-state index in [1.165, 1.54) is 7.11 Å². The van der Waals surface area contributed by atoms with Gasteiger partial charge in [-0.05, 0) is 23.6 Å². The number of ether oxygens (including phenoxy) is 1. The molecule has 1 aromatic heterocycles. The van der Waals surface area contributed by atoms with E-state index in [2.05, 4.69) is 30.7 Å². The van der Waals surface area contributed by atoms with Crippen LogP contribution < -0.4 is 0 Å². The summed E-state index contributed by atoms with van der Waals surface area (Å²) in [6, 6.07) is 5.35. The van der Waals surface area contributed by atoms with E-state index >= 15 is 0 Å². The molecule has 0 aliphatic heterocycles. The number of carbonyl (C=O) groups is 1. The number of benzene rings is 1. The van der Waals surface area contributed by atoms with Gasteiger partial charge in [-0.3, -0.25) is 0 Å². The van der Waals surface area contributed by atoms with Crippen LogP contribution in [0.2, 0.25) is 0 Å². The van der Waals surface area contributed by atoms with Gasteiger partial charge < -0.3 is 9.72 Å². The summed E-state index contributed by atoms with van der Waals surface area (Å²) in [6.07, 6.45) is 0.870. The summed E-state index contributed by atoms with van der Waals surface area (Å²) < 4.78 is 4.70. The lowest BCUT2D eigenvalue weighted by Crippen LogP contribution is -2.10. The van der Waals surface area contributed by atoms with Crippen molar-refractivity contribution in [3.8, 4) is 0 Å². The monoisotopic (exact) mass is 246 g/mol. The van der Waals surface area contributed by atoms with Crippen LogP contribution in [0.1, 0.15) is 37.0 Å². The Labute approximate surface area is 106 Å². The fraction of sp³-hybridized carbons (Fsp3) is 0.429. The summed E-state index contributed by atoms with van der Waals surface area (Å²) in [7, 11) is 1.38. The Morgan fingerprint density at radius 1 is 1.39 bits per heavy atom. The van der Waals surface area contributed by atoms with E-state index < -0.39 is 0 Å². The number of aromatic nitrogens is 2. The van der Waals surface area contributed by atoms with Gasteiger partial charge in [-0.2, -0.15) is 0 Å². The van der Waals surface area contributed by atoms with Crippen molar-refractivity contribution in [1.29, 1.82) is 0 Å². The number of hydrogen-bond acceptors (Lipinski definition) is 3. The molecule has 0 unspecified atom stereocenters. The maximum atomic E-state index is 11.4. The fourth-order valence-corrected chi connectivity index (χ4v) is 1.89. The summed E-state index contributed by atoms with van der Waals surface area (Å²) in [5.41, 5.74) is 2.47. The second-order valence-corrected chi connectivity index (χ2v) is 5.64. The molecule has 0 fully saturated rings. The molecule has 2 aromatic rings.